The fourth-order valence-electron chi connectivity index (χ4n) is 4.09. The van der Waals surface area contributed by atoms with E-state index in [1.165, 1.54) is 18.6 Å². The molecule has 0 N–H and O–H groups in total. The second-order valence-corrected chi connectivity index (χ2v) is 7.84. The quantitative estimate of drug-likeness (QED) is 0.790. The maximum Gasteiger partial charge on any atom is 0.224 e. The summed E-state index contributed by atoms with van der Waals surface area (Å²) >= 11 is 0. The average molecular weight is 382 g/mol. The Morgan fingerprint density at radius 1 is 1.11 bits per heavy atom. The molecule has 2 heterocycles. The van der Waals surface area contributed by atoms with Gasteiger partial charge >= 0.3 is 0 Å². The number of ether oxygens (including phenoxy) is 1. The zero-order valence-electron chi connectivity index (χ0n) is 16.4. The number of nitrogens with zero attached hydrogens (tertiary/aromatic N) is 2. The zero-order valence-corrected chi connectivity index (χ0v) is 16.4. The molecule has 5 heteroatoms. The van der Waals surface area contributed by atoms with Gasteiger partial charge in [0.2, 0.25) is 5.91 Å². The van der Waals surface area contributed by atoms with Crippen molar-refractivity contribution in [3.63, 3.8) is 0 Å². The van der Waals surface area contributed by atoms with Gasteiger partial charge in [-0.15, -0.1) is 0 Å². The molecule has 148 valence electrons. The lowest BCUT2D eigenvalue weighted by molar-refractivity contribution is -0.132. The Morgan fingerprint density at radius 2 is 1.86 bits per heavy atom. The van der Waals surface area contributed by atoms with Crippen molar-refractivity contribution in [3.05, 3.63) is 59.4 Å². The number of likely N-dealkylation sites (tertiary alicyclic amines) is 1. The van der Waals surface area contributed by atoms with E-state index < -0.39 is 0 Å². The number of anilines is 1. The number of fused-ring (bicyclic) bond motifs is 1. The summed E-state index contributed by atoms with van der Waals surface area (Å²) in [5.74, 6) is 0.815. The third kappa shape index (κ3) is 4.13. The smallest absolute Gasteiger partial charge is 0.224 e. The number of carbonyl (C=O) groups excluding carboxylic acids is 1. The van der Waals surface area contributed by atoms with Crippen molar-refractivity contribution < 1.29 is 13.9 Å². The molecule has 1 atom stereocenters. The summed E-state index contributed by atoms with van der Waals surface area (Å²) in [5.41, 5.74) is 3.16. The molecule has 0 aromatic heterocycles. The number of piperidine rings is 1. The number of aryl methyl sites for hydroxylation is 1. The highest BCUT2D eigenvalue weighted by molar-refractivity contribution is 5.78. The van der Waals surface area contributed by atoms with Crippen LogP contribution in [-0.2, 0) is 11.3 Å². The van der Waals surface area contributed by atoms with Crippen LogP contribution in [0.1, 0.15) is 36.8 Å². The molecule has 0 aliphatic carbocycles. The molecule has 2 aromatic rings. The highest BCUT2D eigenvalue weighted by atomic mass is 19.1. The van der Waals surface area contributed by atoms with Crippen LogP contribution >= 0.6 is 0 Å². The van der Waals surface area contributed by atoms with Crippen molar-refractivity contribution in [2.75, 3.05) is 24.6 Å². The molecular weight excluding hydrogens is 355 g/mol. The molecule has 0 saturated carbocycles. The number of benzene rings is 2. The van der Waals surface area contributed by atoms with Gasteiger partial charge in [0.25, 0.3) is 0 Å². The molecule has 4 nitrogen and oxygen atoms in total. The maximum atomic E-state index is 13.3. The van der Waals surface area contributed by atoms with E-state index in [4.69, 9.17) is 4.74 Å². The Bertz CT molecular complexity index is 831. The number of hydrogen-bond acceptors (Lipinski definition) is 3. The van der Waals surface area contributed by atoms with E-state index in [0.717, 1.165) is 48.5 Å². The van der Waals surface area contributed by atoms with Crippen LogP contribution in [0.3, 0.4) is 0 Å². The van der Waals surface area contributed by atoms with Gasteiger partial charge in [-0.05, 0) is 61.6 Å². The van der Waals surface area contributed by atoms with Gasteiger partial charge < -0.3 is 14.5 Å². The van der Waals surface area contributed by atoms with Crippen molar-refractivity contribution in [1.29, 1.82) is 0 Å². The maximum absolute atomic E-state index is 13.3. The Labute approximate surface area is 165 Å². The molecule has 1 amide bonds. The Balaban J connectivity index is 1.57. The monoisotopic (exact) mass is 382 g/mol. The molecule has 28 heavy (non-hydrogen) atoms. The molecule has 0 unspecified atom stereocenters. The van der Waals surface area contributed by atoms with Crippen molar-refractivity contribution in [3.8, 4) is 5.75 Å². The predicted molar refractivity (Wildman–Crippen MR) is 108 cm³/mol. The van der Waals surface area contributed by atoms with Crippen LogP contribution in [0.2, 0.25) is 0 Å². The van der Waals surface area contributed by atoms with E-state index in [9.17, 15) is 9.18 Å². The standard InChI is InChI=1S/C23H27FN2O2/c1-17-5-10-21-22(13-17)28-16-20(14-23(27)25-11-3-2-4-12-25)26(21)15-18-6-8-19(24)9-7-18/h5-10,13,20H,2-4,11-12,14-16H2,1H3/t20-/m1/s1. The second-order valence-electron chi connectivity index (χ2n) is 7.84. The first-order chi connectivity index (χ1) is 13.6. The SMILES string of the molecule is Cc1ccc2c(c1)OC[C@@H](CC(=O)N1CCCCC1)N2Cc1ccc(F)cc1. The molecular formula is C23H27FN2O2. The van der Waals surface area contributed by atoms with Crippen LogP contribution in [-0.4, -0.2) is 36.5 Å². The number of hydrogen-bond donors (Lipinski definition) is 0. The van der Waals surface area contributed by atoms with Crippen LogP contribution in [0.5, 0.6) is 5.75 Å². The summed E-state index contributed by atoms with van der Waals surface area (Å²) in [4.78, 5) is 17.1. The van der Waals surface area contributed by atoms with Crippen molar-refractivity contribution >= 4 is 11.6 Å². The van der Waals surface area contributed by atoms with E-state index in [1.54, 1.807) is 0 Å². The molecule has 0 bridgehead atoms. The highest BCUT2D eigenvalue weighted by Crippen LogP contribution is 2.36. The Morgan fingerprint density at radius 3 is 2.61 bits per heavy atom. The summed E-state index contributed by atoms with van der Waals surface area (Å²) in [7, 11) is 0. The van der Waals surface area contributed by atoms with Crippen LogP contribution in [0.15, 0.2) is 42.5 Å². The van der Waals surface area contributed by atoms with Crippen LogP contribution in [0, 0.1) is 12.7 Å². The van der Waals surface area contributed by atoms with Gasteiger partial charge in [-0.3, -0.25) is 4.79 Å². The highest BCUT2D eigenvalue weighted by Gasteiger charge is 2.31. The number of rotatable bonds is 4. The Kier molecular flexibility index (Phi) is 5.51. The van der Waals surface area contributed by atoms with Gasteiger partial charge in [0, 0.05) is 19.6 Å². The zero-order chi connectivity index (χ0) is 19.5. The minimum Gasteiger partial charge on any atom is -0.489 e. The van der Waals surface area contributed by atoms with E-state index in [0.29, 0.717) is 19.6 Å². The third-order valence-corrected chi connectivity index (χ3v) is 5.68. The molecule has 4 rings (SSSR count). The van der Waals surface area contributed by atoms with E-state index >= 15 is 0 Å². The van der Waals surface area contributed by atoms with Gasteiger partial charge in [-0.1, -0.05) is 18.2 Å². The van der Waals surface area contributed by atoms with E-state index in [2.05, 4.69) is 17.0 Å². The van der Waals surface area contributed by atoms with Crippen molar-refractivity contribution in [2.24, 2.45) is 0 Å². The molecule has 2 aromatic carbocycles. The lowest BCUT2D eigenvalue weighted by Gasteiger charge is -2.39. The van der Waals surface area contributed by atoms with Gasteiger partial charge in [-0.25, -0.2) is 4.39 Å². The normalized spacial score (nSPS) is 19.1. The third-order valence-electron chi connectivity index (χ3n) is 5.68. The first-order valence-corrected chi connectivity index (χ1v) is 10.1. The van der Waals surface area contributed by atoms with Gasteiger partial charge in [0.15, 0.2) is 0 Å². The number of amides is 1. The van der Waals surface area contributed by atoms with Crippen molar-refractivity contribution in [2.45, 2.75) is 45.2 Å². The topological polar surface area (TPSA) is 32.8 Å². The van der Waals surface area contributed by atoms with Crippen molar-refractivity contribution in [1.82, 2.24) is 4.90 Å². The lowest BCUT2D eigenvalue weighted by atomic mass is 10.0. The first-order valence-electron chi connectivity index (χ1n) is 10.1. The summed E-state index contributed by atoms with van der Waals surface area (Å²) < 4.78 is 19.3. The largest absolute Gasteiger partial charge is 0.489 e. The first kappa shape index (κ1) is 18.8. The predicted octanol–water partition coefficient (Wildman–Crippen LogP) is 4.30. The van der Waals surface area contributed by atoms with Crippen LogP contribution in [0.4, 0.5) is 10.1 Å². The summed E-state index contributed by atoms with van der Waals surface area (Å²) in [6.45, 7) is 4.87. The Hall–Kier alpha value is -2.56. The number of carbonyl (C=O) groups is 1. The molecule has 1 saturated heterocycles. The average Bonchev–Trinajstić information content (AvgIpc) is 2.71. The molecule has 1 fully saturated rings. The molecule has 2 aliphatic rings. The van der Waals surface area contributed by atoms with E-state index in [-0.39, 0.29) is 17.8 Å². The summed E-state index contributed by atoms with van der Waals surface area (Å²) in [5, 5.41) is 0. The molecule has 2 aliphatic heterocycles. The summed E-state index contributed by atoms with van der Waals surface area (Å²) in [6, 6.07) is 12.7. The van der Waals surface area contributed by atoms with Gasteiger partial charge in [0.1, 0.15) is 18.2 Å². The lowest BCUT2D eigenvalue weighted by Crippen LogP contribution is -2.47. The molecule has 0 radical (unpaired) electrons. The minimum absolute atomic E-state index is 0.0327. The second kappa shape index (κ2) is 8.21. The molecule has 0 spiro atoms. The summed E-state index contributed by atoms with van der Waals surface area (Å²) in [6.07, 6.45) is 3.83. The fourth-order valence-corrected chi connectivity index (χ4v) is 4.09. The van der Waals surface area contributed by atoms with E-state index in [1.807, 2.05) is 30.0 Å². The number of halogens is 1. The van der Waals surface area contributed by atoms with Gasteiger partial charge in [-0.2, -0.15) is 0 Å². The minimum atomic E-state index is -0.237. The van der Waals surface area contributed by atoms with Gasteiger partial charge in [0.05, 0.1) is 18.2 Å². The van der Waals surface area contributed by atoms with Crippen LogP contribution < -0.4 is 9.64 Å². The fraction of sp³-hybridized carbons (Fsp3) is 0.435. The van der Waals surface area contributed by atoms with Crippen LogP contribution in [0.25, 0.3) is 0 Å².